The van der Waals surface area contributed by atoms with Gasteiger partial charge < -0.3 is 5.73 Å². The largest absolute Gasteiger partial charge is 0.323 e. The molecule has 0 radical (unpaired) electrons. The van der Waals surface area contributed by atoms with Crippen molar-refractivity contribution in [3.63, 3.8) is 0 Å². The first-order valence-electron chi connectivity index (χ1n) is 5.65. The standard InChI is InChI=1S/C14H12BrF2NS/c15-9-2-1-3-11(6-9)19-8-14(18)12-7-10(16)4-5-13(12)17/h1-7,14H,8,18H2. The molecule has 0 bridgehead atoms. The van der Waals surface area contributed by atoms with Crippen LogP contribution >= 0.6 is 27.7 Å². The van der Waals surface area contributed by atoms with Crippen LogP contribution in [0, 0.1) is 11.6 Å². The summed E-state index contributed by atoms with van der Waals surface area (Å²) in [7, 11) is 0. The first kappa shape index (κ1) is 14.5. The van der Waals surface area contributed by atoms with E-state index in [-0.39, 0.29) is 5.56 Å². The maximum atomic E-state index is 13.5. The fourth-order valence-corrected chi connectivity index (χ4v) is 3.12. The Balaban J connectivity index is 2.05. The lowest BCUT2D eigenvalue weighted by Crippen LogP contribution is -2.15. The number of nitrogens with two attached hydrogens (primary N) is 1. The highest BCUT2D eigenvalue weighted by atomic mass is 79.9. The van der Waals surface area contributed by atoms with E-state index in [0.717, 1.165) is 27.6 Å². The van der Waals surface area contributed by atoms with Crippen LogP contribution in [-0.2, 0) is 0 Å². The normalized spacial score (nSPS) is 12.4. The van der Waals surface area contributed by atoms with Crippen LogP contribution < -0.4 is 5.73 Å². The fourth-order valence-electron chi connectivity index (χ4n) is 1.63. The van der Waals surface area contributed by atoms with Gasteiger partial charge in [-0.05, 0) is 36.4 Å². The highest BCUT2D eigenvalue weighted by molar-refractivity contribution is 9.10. The van der Waals surface area contributed by atoms with Gasteiger partial charge >= 0.3 is 0 Å². The molecule has 2 aromatic rings. The van der Waals surface area contributed by atoms with Gasteiger partial charge in [-0.2, -0.15) is 0 Å². The Morgan fingerprint density at radius 1 is 1.16 bits per heavy atom. The van der Waals surface area contributed by atoms with E-state index in [1.54, 1.807) is 0 Å². The fraction of sp³-hybridized carbons (Fsp3) is 0.143. The van der Waals surface area contributed by atoms with Gasteiger partial charge in [0, 0.05) is 26.7 Å². The number of hydrogen-bond acceptors (Lipinski definition) is 2. The third kappa shape index (κ3) is 4.03. The van der Waals surface area contributed by atoms with Gasteiger partial charge in [0.25, 0.3) is 0 Å². The van der Waals surface area contributed by atoms with Crippen molar-refractivity contribution in [2.24, 2.45) is 5.73 Å². The lowest BCUT2D eigenvalue weighted by atomic mass is 10.1. The molecule has 0 fully saturated rings. The minimum atomic E-state index is -0.542. The molecule has 0 heterocycles. The average molecular weight is 344 g/mol. The number of rotatable bonds is 4. The van der Waals surface area contributed by atoms with Crippen molar-refractivity contribution in [1.82, 2.24) is 0 Å². The minimum Gasteiger partial charge on any atom is -0.323 e. The van der Waals surface area contributed by atoms with Crippen LogP contribution in [0.25, 0.3) is 0 Å². The molecule has 19 heavy (non-hydrogen) atoms. The lowest BCUT2D eigenvalue weighted by Gasteiger charge is -2.13. The molecule has 0 saturated heterocycles. The Bertz CT molecular complexity index is 577. The number of thioether (sulfide) groups is 1. The monoisotopic (exact) mass is 343 g/mol. The van der Waals surface area contributed by atoms with Crippen molar-refractivity contribution in [2.45, 2.75) is 10.9 Å². The summed E-state index contributed by atoms with van der Waals surface area (Å²) < 4.78 is 27.6. The zero-order valence-corrected chi connectivity index (χ0v) is 12.3. The zero-order chi connectivity index (χ0) is 13.8. The van der Waals surface area contributed by atoms with Crippen LogP contribution in [0.2, 0.25) is 0 Å². The van der Waals surface area contributed by atoms with Crippen LogP contribution in [0.4, 0.5) is 8.78 Å². The Morgan fingerprint density at radius 2 is 1.95 bits per heavy atom. The summed E-state index contributed by atoms with van der Waals surface area (Å²) in [5, 5.41) is 0. The molecule has 1 atom stereocenters. The van der Waals surface area contributed by atoms with E-state index in [1.165, 1.54) is 11.8 Å². The van der Waals surface area contributed by atoms with Crippen LogP contribution in [0.3, 0.4) is 0 Å². The Hall–Kier alpha value is -0.910. The van der Waals surface area contributed by atoms with E-state index >= 15 is 0 Å². The van der Waals surface area contributed by atoms with Crippen molar-refractivity contribution < 1.29 is 8.78 Å². The lowest BCUT2D eigenvalue weighted by molar-refractivity contribution is 0.573. The van der Waals surface area contributed by atoms with Crippen molar-refractivity contribution in [3.8, 4) is 0 Å². The molecule has 1 nitrogen and oxygen atoms in total. The molecule has 0 amide bonds. The van der Waals surface area contributed by atoms with Gasteiger partial charge in [-0.3, -0.25) is 0 Å². The molecule has 0 aliphatic carbocycles. The topological polar surface area (TPSA) is 26.0 Å². The number of hydrogen-bond donors (Lipinski definition) is 1. The molecule has 5 heteroatoms. The van der Waals surface area contributed by atoms with Gasteiger partial charge in [0.2, 0.25) is 0 Å². The Kier molecular flexibility index (Phi) is 4.96. The third-order valence-corrected chi connectivity index (χ3v) is 4.19. The molecule has 0 aliphatic rings. The Morgan fingerprint density at radius 3 is 2.68 bits per heavy atom. The van der Waals surface area contributed by atoms with Gasteiger partial charge in [0.05, 0.1) is 0 Å². The maximum absolute atomic E-state index is 13.5. The molecule has 2 aromatic carbocycles. The molecule has 100 valence electrons. The predicted molar refractivity (Wildman–Crippen MR) is 78.2 cm³/mol. The van der Waals surface area contributed by atoms with E-state index < -0.39 is 17.7 Å². The summed E-state index contributed by atoms with van der Waals surface area (Å²) in [5.74, 6) is -0.459. The SMILES string of the molecule is NC(CSc1cccc(Br)c1)c1cc(F)ccc1F. The summed E-state index contributed by atoms with van der Waals surface area (Å²) in [4.78, 5) is 1.03. The van der Waals surface area contributed by atoms with E-state index in [2.05, 4.69) is 15.9 Å². The zero-order valence-electron chi connectivity index (χ0n) is 9.95. The summed E-state index contributed by atoms with van der Waals surface area (Å²) in [6, 6.07) is 10.6. The van der Waals surface area contributed by atoms with Crippen molar-refractivity contribution in [2.75, 3.05) is 5.75 Å². The van der Waals surface area contributed by atoms with Gasteiger partial charge in [-0.1, -0.05) is 22.0 Å². The summed E-state index contributed by atoms with van der Waals surface area (Å²) in [6.45, 7) is 0. The van der Waals surface area contributed by atoms with Crippen LogP contribution in [0.15, 0.2) is 51.8 Å². The van der Waals surface area contributed by atoms with Gasteiger partial charge in [-0.25, -0.2) is 8.78 Å². The molecule has 0 aromatic heterocycles. The van der Waals surface area contributed by atoms with Gasteiger partial charge in [-0.15, -0.1) is 11.8 Å². The number of benzene rings is 2. The van der Waals surface area contributed by atoms with E-state index in [9.17, 15) is 8.78 Å². The van der Waals surface area contributed by atoms with Crippen LogP contribution in [0.5, 0.6) is 0 Å². The van der Waals surface area contributed by atoms with Gasteiger partial charge in [0.1, 0.15) is 11.6 Å². The van der Waals surface area contributed by atoms with E-state index in [4.69, 9.17) is 5.73 Å². The quantitative estimate of drug-likeness (QED) is 0.826. The molecule has 2 rings (SSSR count). The second kappa shape index (κ2) is 6.50. The number of halogens is 3. The summed E-state index contributed by atoms with van der Waals surface area (Å²) >= 11 is 4.89. The molecular formula is C14H12BrF2NS. The maximum Gasteiger partial charge on any atom is 0.128 e. The third-order valence-electron chi connectivity index (χ3n) is 2.58. The van der Waals surface area contributed by atoms with Crippen LogP contribution in [0.1, 0.15) is 11.6 Å². The van der Waals surface area contributed by atoms with Crippen molar-refractivity contribution in [1.29, 1.82) is 0 Å². The van der Waals surface area contributed by atoms with E-state index in [1.807, 2.05) is 24.3 Å². The second-order valence-corrected chi connectivity index (χ2v) is 6.05. The molecular weight excluding hydrogens is 332 g/mol. The molecule has 0 spiro atoms. The first-order chi connectivity index (χ1) is 9.06. The molecule has 0 aliphatic heterocycles. The average Bonchev–Trinajstić information content (AvgIpc) is 2.39. The smallest absolute Gasteiger partial charge is 0.128 e. The molecule has 2 N–H and O–H groups in total. The highest BCUT2D eigenvalue weighted by Crippen LogP contribution is 2.27. The van der Waals surface area contributed by atoms with Gasteiger partial charge in [0.15, 0.2) is 0 Å². The highest BCUT2D eigenvalue weighted by Gasteiger charge is 2.13. The van der Waals surface area contributed by atoms with E-state index in [0.29, 0.717) is 5.75 Å². The second-order valence-electron chi connectivity index (χ2n) is 4.04. The Labute approximate surface area is 123 Å². The predicted octanol–water partition coefficient (Wildman–Crippen LogP) is 4.52. The first-order valence-corrected chi connectivity index (χ1v) is 7.43. The molecule has 1 unspecified atom stereocenters. The summed E-state index contributed by atoms with van der Waals surface area (Å²) in [6.07, 6.45) is 0. The molecule has 0 saturated carbocycles. The van der Waals surface area contributed by atoms with Crippen molar-refractivity contribution in [3.05, 3.63) is 64.1 Å². The van der Waals surface area contributed by atoms with Crippen molar-refractivity contribution >= 4 is 27.7 Å². The minimum absolute atomic E-state index is 0.211. The summed E-state index contributed by atoms with van der Waals surface area (Å²) in [5.41, 5.74) is 6.12. The van der Waals surface area contributed by atoms with Crippen LogP contribution in [-0.4, -0.2) is 5.75 Å².